The number of rotatable bonds is 2. The van der Waals surface area contributed by atoms with Crippen LogP contribution in [-0.4, -0.2) is 10.8 Å². The molecule has 92 valence electrons. The summed E-state index contributed by atoms with van der Waals surface area (Å²) in [4.78, 5) is 1.28. The lowest BCUT2D eigenvalue weighted by atomic mass is 10.0. The minimum absolute atomic E-state index is 0.236. The lowest BCUT2D eigenvalue weighted by molar-refractivity contribution is 0.474. The maximum atomic E-state index is 9.91. The Morgan fingerprint density at radius 2 is 2.28 bits per heavy atom. The molecule has 0 spiro atoms. The van der Waals surface area contributed by atoms with Crippen LogP contribution in [0.5, 0.6) is 5.75 Å². The summed E-state index contributed by atoms with van der Waals surface area (Å²) in [6.45, 7) is 2.02. The Bertz CT molecular complexity index is 590. The Kier molecular flexibility index (Phi) is 2.80. The van der Waals surface area contributed by atoms with Crippen LogP contribution in [0.3, 0.4) is 0 Å². The van der Waals surface area contributed by atoms with Crippen molar-refractivity contribution in [2.45, 2.75) is 19.4 Å². The van der Waals surface area contributed by atoms with E-state index in [1.807, 2.05) is 25.1 Å². The summed E-state index contributed by atoms with van der Waals surface area (Å²) >= 11 is 1.73. The van der Waals surface area contributed by atoms with Crippen LogP contribution in [0, 0.1) is 6.92 Å². The van der Waals surface area contributed by atoms with E-state index in [0.717, 1.165) is 23.3 Å². The number of hydrogen-bond acceptors (Lipinski definition) is 4. The lowest BCUT2D eigenvalue weighted by Gasteiger charge is -2.07. The first-order chi connectivity index (χ1) is 8.74. The van der Waals surface area contributed by atoms with Gasteiger partial charge in [0.05, 0.1) is 11.8 Å². The van der Waals surface area contributed by atoms with Crippen molar-refractivity contribution in [3.05, 3.63) is 51.7 Å². The summed E-state index contributed by atoms with van der Waals surface area (Å²) < 4.78 is 0. The summed E-state index contributed by atoms with van der Waals surface area (Å²) in [5.74, 6) is 0.299. The van der Waals surface area contributed by atoms with Crippen molar-refractivity contribution in [3.63, 3.8) is 0 Å². The van der Waals surface area contributed by atoms with Crippen LogP contribution in [0.4, 0.5) is 0 Å². The van der Waals surface area contributed by atoms with E-state index in [4.69, 9.17) is 0 Å². The second kappa shape index (κ2) is 4.46. The zero-order valence-corrected chi connectivity index (χ0v) is 10.9. The molecule has 1 aliphatic heterocycles. The smallest absolute Gasteiger partial charge is 0.124 e. The highest BCUT2D eigenvalue weighted by atomic mass is 32.1. The molecule has 0 aliphatic carbocycles. The molecule has 2 heterocycles. The molecule has 2 N–H and O–H groups in total. The number of aromatic hydroxyl groups is 1. The molecule has 3 nitrogen and oxygen atoms in total. The van der Waals surface area contributed by atoms with Gasteiger partial charge >= 0.3 is 0 Å². The van der Waals surface area contributed by atoms with Crippen molar-refractivity contribution in [2.75, 3.05) is 0 Å². The third-order valence-electron chi connectivity index (χ3n) is 3.10. The van der Waals surface area contributed by atoms with E-state index in [-0.39, 0.29) is 6.04 Å². The summed E-state index contributed by atoms with van der Waals surface area (Å²) in [6.07, 6.45) is 0.817. The highest BCUT2D eigenvalue weighted by molar-refractivity contribution is 7.10. The Balaban J connectivity index is 1.85. The number of nitrogens with one attached hydrogen (secondary N) is 1. The van der Waals surface area contributed by atoms with E-state index >= 15 is 0 Å². The number of benzene rings is 1. The van der Waals surface area contributed by atoms with E-state index in [1.165, 1.54) is 4.88 Å². The molecule has 0 radical (unpaired) electrons. The Hall–Kier alpha value is -1.81. The van der Waals surface area contributed by atoms with Gasteiger partial charge in [-0.05, 0) is 30.5 Å². The van der Waals surface area contributed by atoms with Gasteiger partial charge < -0.3 is 10.5 Å². The first-order valence-electron chi connectivity index (χ1n) is 5.89. The van der Waals surface area contributed by atoms with Gasteiger partial charge in [0.2, 0.25) is 0 Å². The molecule has 1 aromatic carbocycles. The largest absolute Gasteiger partial charge is 0.507 e. The summed E-state index contributed by atoms with van der Waals surface area (Å²) in [5.41, 5.74) is 6.03. The van der Waals surface area contributed by atoms with Crippen LogP contribution in [-0.2, 0) is 0 Å². The topological polar surface area (TPSA) is 44.6 Å². The van der Waals surface area contributed by atoms with Gasteiger partial charge in [0.25, 0.3) is 0 Å². The molecule has 1 atom stereocenters. The predicted molar refractivity (Wildman–Crippen MR) is 74.2 cm³/mol. The summed E-state index contributed by atoms with van der Waals surface area (Å²) in [5, 5.41) is 16.3. The molecule has 0 amide bonds. The molecule has 0 unspecified atom stereocenters. The molecule has 18 heavy (non-hydrogen) atoms. The number of aryl methyl sites for hydroxylation is 1. The molecular weight excluding hydrogens is 244 g/mol. The average Bonchev–Trinajstić information content (AvgIpc) is 3.00. The third-order valence-corrected chi connectivity index (χ3v) is 4.09. The monoisotopic (exact) mass is 258 g/mol. The normalized spacial score (nSPS) is 18.5. The second-order valence-electron chi connectivity index (χ2n) is 4.48. The fraction of sp³-hybridized carbons (Fsp3) is 0.214. The van der Waals surface area contributed by atoms with Gasteiger partial charge in [-0.2, -0.15) is 5.10 Å². The summed E-state index contributed by atoms with van der Waals surface area (Å²) in [6, 6.07) is 10.00. The van der Waals surface area contributed by atoms with Gasteiger partial charge in [0.1, 0.15) is 5.75 Å². The zero-order valence-electron chi connectivity index (χ0n) is 10.1. The molecular formula is C14H14N2OS. The van der Waals surface area contributed by atoms with Crippen LogP contribution in [0.2, 0.25) is 0 Å². The van der Waals surface area contributed by atoms with Crippen molar-refractivity contribution in [2.24, 2.45) is 5.10 Å². The van der Waals surface area contributed by atoms with Crippen LogP contribution in [0.1, 0.15) is 28.5 Å². The summed E-state index contributed by atoms with van der Waals surface area (Å²) in [7, 11) is 0. The maximum absolute atomic E-state index is 9.91. The number of hydrogen-bond donors (Lipinski definition) is 2. The Morgan fingerprint density at radius 1 is 1.39 bits per heavy atom. The molecule has 1 aliphatic rings. The number of nitrogens with zero attached hydrogens (tertiary/aromatic N) is 1. The van der Waals surface area contributed by atoms with Crippen molar-refractivity contribution in [1.82, 2.24) is 5.43 Å². The SMILES string of the molecule is Cc1ccc(O)c(C2=NN[C@@H](c3cccs3)C2)c1. The minimum Gasteiger partial charge on any atom is -0.507 e. The standard InChI is InChI=1S/C14H14N2OS/c1-9-4-5-13(17)10(7-9)11-8-12(16-15-11)14-3-2-6-18-14/h2-7,12,16-17H,8H2,1H3/t12-/m1/s1. The lowest BCUT2D eigenvalue weighted by Crippen LogP contribution is -2.07. The van der Waals surface area contributed by atoms with Crippen molar-refractivity contribution in [1.29, 1.82) is 0 Å². The molecule has 3 rings (SSSR count). The van der Waals surface area contributed by atoms with Crippen molar-refractivity contribution >= 4 is 17.0 Å². The van der Waals surface area contributed by atoms with E-state index < -0.39 is 0 Å². The second-order valence-corrected chi connectivity index (χ2v) is 5.46. The van der Waals surface area contributed by atoms with Crippen molar-refractivity contribution in [3.8, 4) is 5.75 Å². The Morgan fingerprint density at radius 3 is 3.06 bits per heavy atom. The van der Waals surface area contributed by atoms with E-state index in [2.05, 4.69) is 22.0 Å². The molecule has 0 saturated carbocycles. The van der Waals surface area contributed by atoms with Gasteiger partial charge in [0.15, 0.2) is 0 Å². The van der Waals surface area contributed by atoms with Crippen LogP contribution in [0.25, 0.3) is 0 Å². The number of phenolic OH excluding ortho intramolecular Hbond substituents is 1. The van der Waals surface area contributed by atoms with Gasteiger partial charge in [-0.3, -0.25) is 0 Å². The highest BCUT2D eigenvalue weighted by Gasteiger charge is 2.23. The fourth-order valence-electron chi connectivity index (χ4n) is 2.15. The van der Waals surface area contributed by atoms with Crippen LogP contribution >= 0.6 is 11.3 Å². The number of hydrazone groups is 1. The third kappa shape index (κ3) is 1.99. The van der Waals surface area contributed by atoms with E-state index in [9.17, 15) is 5.11 Å². The minimum atomic E-state index is 0.236. The number of phenols is 1. The maximum Gasteiger partial charge on any atom is 0.124 e. The van der Waals surface area contributed by atoms with Gasteiger partial charge in [-0.1, -0.05) is 17.7 Å². The fourth-order valence-corrected chi connectivity index (χ4v) is 2.92. The van der Waals surface area contributed by atoms with E-state index in [1.54, 1.807) is 17.4 Å². The molecule has 0 bridgehead atoms. The molecule has 0 saturated heterocycles. The molecule has 4 heteroatoms. The zero-order chi connectivity index (χ0) is 12.5. The van der Waals surface area contributed by atoms with Gasteiger partial charge in [-0.25, -0.2) is 0 Å². The van der Waals surface area contributed by atoms with Crippen LogP contribution < -0.4 is 5.43 Å². The van der Waals surface area contributed by atoms with Crippen molar-refractivity contribution < 1.29 is 5.11 Å². The predicted octanol–water partition coefficient (Wildman–Crippen LogP) is 3.20. The first-order valence-corrected chi connectivity index (χ1v) is 6.77. The van der Waals surface area contributed by atoms with E-state index in [0.29, 0.717) is 5.75 Å². The average molecular weight is 258 g/mol. The highest BCUT2D eigenvalue weighted by Crippen LogP contribution is 2.30. The quantitative estimate of drug-likeness (QED) is 0.868. The molecule has 1 aromatic heterocycles. The van der Waals surface area contributed by atoms with Gasteiger partial charge in [0, 0.05) is 16.9 Å². The van der Waals surface area contributed by atoms with Gasteiger partial charge in [-0.15, -0.1) is 11.3 Å². The Labute approximate surface area is 110 Å². The first kappa shape index (κ1) is 11.3. The van der Waals surface area contributed by atoms with Crippen LogP contribution in [0.15, 0.2) is 40.8 Å². The molecule has 2 aromatic rings. The number of thiophene rings is 1. The molecule has 0 fully saturated rings.